The van der Waals surface area contributed by atoms with Gasteiger partial charge in [-0.2, -0.15) is 11.8 Å². The number of rotatable bonds is 1. The molecular formula is C10H18N2OS2. The topological polar surface area (TPSA) is 32.3 Å². The number of nitrogens with one attached hydrogen (secondary N) is 1. The lowest BCUT2D eigenvalue weighted by Gasteiger charge is -2.34. The summed E-state index contributed by atoms with van der Waals surface area (Å²) in [6, 6.07) is 0.448. The molecule has 86 valence electrons. The second-order valence-electron chi connectivity index (χ2n) is 4.07. The molecule has 15 heavy (non-hydrogen) atoms. The predicted molar refractivity (Wildman–Crippen MR) is 67.6 cm³/mol. The molecule has 2 atom stereocenters. The first-order valence-corrected chi connectivity index (χ1v) is 7.69. The van der Waals surface area contributed by atoms with Gasteiger partial charge in [0.1, 0.15) is 0 Å². The Balaban J connectivity index is 1.88. The molecule has 1 unspecified atom stereocenters. The van der Waals surface area contributed by atoms with Gasteiger partial charge in [-0.25, -0.2) is 0 Å². The monoisotopic (exact) mass is 246 g/mol. The first-order chi connectivity index (χ1) is 7.27. The van der Waals surface area contributed by atoms with Crippen molar-refractivity contribution >= 4 is 29.4 Å². The number of nitrogens with zero attached hydrogens (tertiary/aromatic N) is 1. The van der Waals surface area contributed by atoms with Crippen molar-refractivity contribution in [2.45, 2.75) is 18.2 Å². The van der Waals surface area contributed by atoms with Crippen LogP contribution in [-0.4, -0.2) is 59.0 Å². The molecule has 2 aliphatic rings. The molecule has 0 radical (unpaired) electrons. The molecule has 0 aromatic carbocycles. The third kappa shape index (κ3) is 3.04. The third-order valence-electron chi connectivity index (χ3n) is 2.77. The Kier molecular flexibility index (Phi) is 4.22. The summed E-state index contributed by atoms with van der Waals surface area (Å²) < 4.78 is 0. The molecule has 2 saturated heterocycles. The van der Waals surface area contributed by atoms with Gasteiger partial charge < -0.3 is 10.2 Å². The first kappa shape index (κ1) is 11.6. The molecule has 0 aromatic heterocycles. The van der Waals surface area contributed by atoms with Crippen molar-refractivity contribution in [1.29, 1.82) is 0 Å². The molecule has 2 rings (SSSR count). The summed E-state index contributed by atoms with van der Waals surface area (Å²) in [5.74, 6) is 3.69. The zero-order valence-electron chi connectivity index (χ0n) is 9.07. The fourth-order valence-corrected chi connectivity index (χ4v) is 4.60. The molecule has 0 bridgehead atoms. The second-order valence-corrected chi connectivity index (χ2v) is 6.53. The number of piperazine rings is 1. The number of hydrogen-bond donors (Lipinski definition) is 1. The minimum atomic E-state index is 0.217. The molecule has 0 aliphatic carbocycles. The van der Waals surface area contributed by atoms with Crippen molar-refractivity contribution in [3.63, 3.8) is 0 Å². The molecule has 1 amide bonds. The van der Waals surface area contributed by atoms with Crippen LogP contribution in [-0.2, 0) is 4.79 Å². The summed E-state index contributed by atoms with van der Waals surface area (Å²) in [5.41, 5.74) is 0. The van der Waals surface area contributed by atoms with Crippen molar-refractivity contribution in [3.05, 3.63) is 0 Å². The van der Waals surface area contributed by atoms with E-state index in [-0.39, 0.29) is 5.25 Å². The normalized spacial score (nSPS) is 32.7. The SMILES string of the molecule is C[C@H]1CN(C(=O)C2CSCCS2)CCN1. The van der Waals surface area contributed by atoms with Gasteiger partial charge in [0.05, 0.1) is 5.25 Å². The van der Waals surface area contributed by atoms with E-state index in [1.165, 1.54) is 5.75 Å². The van der Waals surface area contributed by atoms with E-state index in [4.69, 9.17) is 0 Å². The second kappa shape index (κ2) is 5.46. The molecule has 2 fully saturated rings. The molecule has 0 saturated carbocycles. The van der Waals surface area contributed by atoms with Crippen LogP contribution in [0.1, 0.15) is 6.92 Å². The van der Waals surface area contributed by atoms with Gasteiger partial charge in [-0.1, -0.05) is 0 Å². The summed E-state index contributed by atoms with van der Waals surface area (Å²) in [5, 5.41) is 3.58. The average molecular weight is 246 g/mol. The molecule has 3 nitrogen and oxygen atoms in total. The highest BCUT2D eigenvalue weighted by atomic mass is 32.2. The number of amides is 1. The predicted octanol–water partition coefficient (Wildman–Crippen LogP) is 0.655. The van der Waals surface area contributed by atoms with E-state index in [0.717, 1.165) is 31.1 Å². The molecule has 2 aliphatic heterocycles. The largest absolute Gasteiger partial charge is 0.339 e. The minimum absolute atomic E-state index is 0.217. The Morgan fingerprint density at radius 1 is 1.47 bits per heavy atom. The number of thioether (sulfide) groups is 2. The van der Waals surface area contributed by atoms with Crippen molar-refractivity contribution < 1.29 is 4.79 Å². The van der Waals surface area contributed by atoms with Crippen LogP contribution in [0.15, 0.2) is 0 Å². The van der Waals surface area contributed by atoms with Crippen molar-refractivity contribution in [1.82, 2.24) is 10.2 Å². The maximum atomic E-state index is 12.2. The van der Waals surface area contributed by atoms with Crippen molar-refractivity contribution in [3.8, 4) is 0 Å². The smallest absolute Gasteiger partial charge is 0.236 e. The lowest BCUT2D eigenvalue weighted by molar-refractivity contribution is -0.131. The Hall–Kier alpha value is 0.130. The van der Waals surface area contributed by atoms with E-state index in [0.29, 0.717) is 11.9 Å². The standard InChI is InChI=1S/C10H18N2OS2/c1-8-6-12(3-2-11-8)10(13)9-7-14-4-5-15-9/h8-9,11H,2-7H2,1H3/t8-,9?/m0/s1. The molecule has 2 heterocycles. The zero-order valence-corrected chi connectivity index (χ0v) is 10.7. The van der Waals surface area contributed by atoms with Gasteiger partial charge in [0.2, 0.25) is 5.91 Å². The zero-order chi connectivity index (χ0) is 10.7. The summed E-state index contributed by atoms with van der Waals surface area (Å²) in [4.78, 5) is 14.2. The van der Waals surface area contributed by atoms with E-state index in [2.05, 4.69) is 12.2 Å². The van der Waals surface area contributed by atoms with E-state index >= 15 is 0 Å². The molecule has 0 aromatic rings. The van der Waals surface area contributed by atoms with Crippen LogP contribution in [0.5, 0.6) is 0 Å². The van der Waals surface area contributed by atoms with Gasteiger partial charge >= 0.3 is 0 Å². The van der Waals surface area contributed by atoms with Crippen LogP contribution in [0, 0.1) is 0 Å². The van der Waals surface area contributed by atoms with Gasteiger partial charge in [0.15, 0.2) is 0 Å². The minimum Gasteiger partial charge on any atom is -0.339 e. The molecular weight excluding hydrogens is 228 g/mol. The molecule has 1 N–H and O–H groups in total. The van der Waals surface area contributed by atoms with Crippen molar-refractivity contribution in [2.24, 2.45) is 0 Å². The van der Waals surface area contributed by atoms with E-state index in [1.807, 2.05) is 28.4 Å². The van der Waals surface area contributed by atoms with Crippen LogP contribution in [0.2, 0.25) is 0 Å². The van der Waals surface area contributed by atoms with Gasteiger partial charge in [-0.3, -0.25) is 4.79 Å². The summed E-state index contributed by atoms with van der Waals surface area (Å²) >= 11 is 3.75. The highest BCUT2D eigenvalue weighted by Gasteiger charge is 2.28. The average Bonchev–Trinajstić information content (AvgIpc) is 2.29. The summed E-state index contributed by atoms with van der Waals surface area (Å²) in [6.07, 6.45) is 0. The van der Waals surface area contributed by atoms with Crippen LogP contribution >= 0.6 is 23.5 Å². The summed E-state index contributed by atoms with van der Waals surface area (Å²) in [6.45, 7) is 4.84. The van der Waals surface area contributed by atoms with E-state index < -0.39 is 0 Å². The first-order valence-electron chi connectivity index (χ1n) is 5.49. The maximum absolute atomic E-state index is 12.2. The number of carbonyl (C=O) groups is 1. The fourth-order valence-electron chi connectivity index (χ4n) is 1.97. The Labute approximate surface area is 99.7 Å². The summed E-state index contributed by atoms with van der Waals surface area (Å²) in [7, 11) is 0. The Morgan fingerprint density at radius 3 is 3.00 bits per heavy atom. The maximum Gasteiger partial charge on any atom is 0.236 e. The van der Waals surface area contributed by atoms with E-state index in [9.17, 15) is 4.79 Å². The lowest BCUT2D eigenvalue weighted by atomic mass is 10.2. The van der Waals surface area contributed by atoms with Crippen LogP contribution in [0.3, 0.4) is 0 Å². The number of carbonyl (C=O) groups excluding carboxylic acids is 1. The highest BCUT2D eigenvalue weighted by Crippen LogP contribution is 2.25. The lowest BCUT2D eigenvalue weighted by Crippen LogP contribution is -2.53. The number of hydrogen-bond acceptors (Lipinski definition) is 4. The van der Waals surface area contributed by atoms with Crippen LogP contribution in [0.25, 0.3) is 0 Å². The van der Waals surface area contributed by atoms with Crippen LogP contribution < -0.4 is 5.32 Å². The van der Waals surface area contributed by atoms with Gasteiger partial charge in [-0.05, 0) is 6.92 Å². The van der Waals surface area contributed by atoms with E-state index in [1.54, 1.807) is 0 Å². The highest BCUT2D eigenvalue weighted by molar-refractivity contribution is 8.07. The quantitative estimate of drug-likeness (QED) is 0.736. The van der Waals surface area contributed by atoms with Gasteiger partial charge in [-0.15, -0.1) is 11.8 Å². The Bertz CT molecular complexity index is 231. The molecule has 0 spiro atoms. The fraction of sp³-hybridized carbons (Fsp3) is 0.900. The third-order valence-corrected chi connectivity index (χ3v) is 5.51. The Morgan fingerprint density at radius 2 is 2.33 bits per heavy atom. The van der Waals surface area contributed by atoms with Gasteiger partial charge in [0, 0.05) is 42.9 Å². The van der Waals surface area contributed by atoms with Crippen molar-refractivity contribution in [2.75, 3.05) is 36.9 Å². The van der Waals surface area contributed by atoms with Crippen LogP contribution in [0.4, 0.5) is 0 Å². The molecule has 5 heteroatoms. The van der Waals surface area contributed by atoms with Gasteiger partial charge in [0.25, 0.3) is 0 Å².